The minimum absolute atomic E-state index is 0.590. The Hall–Kier alpha value is -2.12. The molecule has 2 heterocycles. The van der Waals surface area contributed by atoms with Crippen molar-refractivity contribution in [1.29, 1.82) is 0 Å². The number of benzene rings is 1. The monoisotopic (exact) mass is 259 g/mol. The average Bonchev–Trinajstić information content (AvgIpc) is 3.10. The molecule has 0 aliphatic rings. The number of aliphatic hydroxyl groups excluding tert-OH is 1. The predicted molar refractivity (Wildman–Crippen MR) is 65.3 cm³/mol. The Bertz CT molecular complexity index is 622. The highest BCUT2D eigenvalue weighted by Gasteiger charge is 2.19. The van der Waals surface area contributed by atoms with Gasteiger partial charge in [0.1, 0.15) is 6.10 Å². The fourth-order valence-corrected chi connectivity index (χ4v) is 2.14. The van der Waals surface area contributed by atoms with E-state index in [9.17, 15) is 5.11 Å². The summed E-state index contributed by atoms with van der Waals surface area (Å²) < 4.78 is 5.34. The minimum Gasteiger partial charge on any atom is -0.381 e. The number of rotatable bonds is 3. The van der Waals surface area contributed by atoms with Crippen molar-refractivity contribution in [3.63, 3.8) is 0 Å². The second-order valence-corrected chi connectivity index (χ2v) is 4.45. The van der Waals surface area contributed by atoms with E-state index in [2.05, 4.69) is 19.9 Å². The molecular formula is C11H9N5OS. The molecule has 0 radical (unpaired) electrons. The van der Waals surface area contributed by atoms with Crippen LogP contribution in [0.25, 0.3) is 5.69 Å². The highest BCUT2D eigenvalue weighted by Crippen LogP contribution is 2.24. The molecule has 0 aliphatic carbocycles. The first-order valence-electron chi connectivity index (χ1n) is 5.27. The van der Waals surface area contributed by atoms with Gasteiger partial charge in [0.05, 0.1) is 28.7 Å². The lowest BCUT2D eigenvalue weighted by atomic mass is 10.2. The van der Waals surface area contributed by atoms with Crippen molar-refractivity contribution in [2.24, 2.45) is 0 Å². The summed E-state index contributed by atoms with van der Waals surface area (Å²) in [5.74, 6) is 0. The number of hydrogen-bond acceptors (Lipinski definition) is 6. The van der Waals surface area contributed by atoms with Crippen LogP contribution in [0.3, 0.4) is 0 Å². The number of nitrogens with zero attached hydrogens (tertiary/aromatic N) is 5. The van der Waals surface area contributed by atoms with Crippen molar-refractivity contribution in [3.8, 4) is 5.69 Å². The number of hydrogen-bond donors (Lipinski definition) is 1. The molecule has 0 fully saturated rings. The molecular weight excluding hydrogens is 250 g/mol. The van der Waals surface area contributed by atoms with Crippen LogP contribution in [-0.4, -0.2) is 29.7 Å². The smallest absolute Gasteiger partial charge is 0.135 e. The molecule has 0 bridgehead atoms. The van der Waals surface area contributed by atoms with Gasteiger partial charge in [0.2, 0.25) is 0 Å². The van der Waals surface area contributed by atoms with Gasteiger partial charge in [0, 0.05) is 0 Å². The molecule has 0 amide bonds. The van der Waals surface area contributed by atoms with Crippen LogP contribution in [-0.2, 0) is 0 Å². The van der Waals surface area contributed by atoms with E-state index >= 15 is 0 Å². The van der Waals surface area contributed by atoms with Crippen molar-refractivity contribution >= 4 is 11.5 Å². The molecule has 7 heteroatoms. The van der Waals surface area contributed by atoms with E-state index in [-0.39, 0.29) is 0 Å². The summed E-state index contributed by atoms with van der Waals surface area (Å²) >= 11 is 1.15. The standard InChI is InChI=1S/C11H9N5OS/c17-11(10-7-13-15-18-10)9-6-12-14-16(9)8-4-2-1-3-5-8/h1-7,11,17H. The minimum atomic E-state index is -0.819. The highest BCUT2D eigenvalue weighted by atomic mass is 32.1. The van der Waals surface area contributed by atoms with E-state index in [0.29, 0.717) is 10.6 Å². The molecule has 1 aromatic carbocycles. The zero-order valence-electron chi connectivity index (χ0n) is 9.21. The van der Waals surface area contributed by atoms with Crippen LogP contribution in [0.15, 0.2) is 42.7 Å². The average molecular weight is 259 g/mol. The zero-order chi connectivity index (χ0) is 12.4. The number of aromatic nitrogens is 5. The third-order valence-electron chi connectivity index (χ3n) is 2.50. The largest absolute Gasteiger partial charge is 0.381 e. The molecule has 0 aliphatic heterocycles. The Balaban J connectivity index is 2.02. The topological polar surface area (TPSA) is 76.7 Å². The molecule has 2 aromatic heterocycles. The molecule has 1 unspecified atom stereocenters. The molecule has 6 nitrogen and oxygen atoms in total. The van der Waals surface area contributed by atoms with Crippen LogP contribution >= 0.6 is 11.5 Å². The SMILES string of the molecule is OC(c1cnns1)c1cnnn1-c1ccccc1. The Morgan fingerprint density at radius 3 is 2.67 bits per heavy atom. The van der Waals surface area contributed by atoms with Gasteiger partial charge < -0.3 is 5.11 Å². The summed E-state index contributed by atoms with van der Waals surface area (Å²) in [7, 11) is 0. The van der Waals surface area contributed by atoms with E-state index in [4.69, 9.17) is 0 Å². The Morgan fingerprint density at radius 2 is 1.94 bits per heavy atom. The van der Waals surface area contributed by atoms with Gasteiger partial charge in [0.25, 0.3) is 0 Å². The second kappa shape index (κ2) is 4.63. The van der Waals surface area contributed by atoms with E-state index in [1.54, 1.807) is 4.68 Å². The maximum atomic E-state index is 10.2. The quantitative estimate of drug-likeness (QED) is 0.764. The molecule has 3 rings (SSSR count). The van der Waals surface area contributed by atoms with Crippen molar-refractivity contribution in [2.45, 2.75) is 6.10 Å². The molecule has 3 aromatic rings. The zero-order valence-corrected chi connectivity index (χ0v) is 10.0. The summed E-state index contributed by atoms with van der Waals surface area (Å²) in [5, 5.41) is 21.8. The van der Waals surface area contributed by atoms with Gasteiger partial charge in [-0.2, -0.15) is 0 Å². The van der Waals surface area contributed by atoms with E-state index in [1.165, 1.54) is 12.4 Å². The van der Waals surface area contributed by atoms with Crippen molar-refractivity contribution in [2.75, 3.05) is 0 Å². The van der Waals surface area contributed by atoms with Gasteiger partial charge in [0.15, 0.2) is 0 Å². The first-order valence-corrected chi connectivity index (χ1v) is 6.05. The normalized spacial score (nSPS) is 12.5. The third-order valence-corrected chi connectivity index (χ3v) is 3.22. The molecule has 0 saturated carbocycles. The van der Waals surface area contributed by atoms with Crippen LogP contribution in [0.1, 0.15) is 16.7 Å². The summed E-state index contributed by atoms with van der Waals surface area (Å²) in [4.78, 5) is 0.662. The Kier molecular flexibility index (Phi) is 2.83. The summed E-state index contributed by atoms with van der Waals surface area (Å²) in [6.45, 7) is 0. The van der Waals surface area contributed by atoms with Gasteiger partial charge in [-0.3, -0.25) is 0 Å². The third kappa shape index (κ3) is 1.89. The number of aliphatic hydroxyl groups is 1. The van der Waals surface area contributed by atoms with E-state index in [0.717, 1.165) is 17.2 Å². The Morgan fingerprint density at radius 1 is 1.11 bits per heavy atom. The molecule has 1 N–H and O–H groups in total. The van der Waals surface area contributed by atoms with Gasteiger partial charge in [-0.25, -0.2) is 4.68 Å². The van der Waals surface area contributed by atoms with Crippen LogP contribution in [0.5, 0.6) is 0 Å². The first-order chi connectivity index (χ1) is 8.86. The van der Waals surface area contributed by atoms with Crippen molar-refractivity contribution in [1.82, 2.24) is 24.6 Å². The first kappa shape index (κ1) is 11.0. The highest BCUT2D eigenvalue weighted by molar-refractivity contribution is 7.05. The lowest BCUT2D eigenvalue weighted by molar-refractivity contribution is 0.215. The molecule has 0 spiro atoms. The van der Waals surface area contributed by atoms with Gasteiger partial charge in [-0.15, -0.1) is 10.2 Å². The lowest BCUT2D eigenvalue weighted by Gasteiger charge is -2.09. The second-order valence-electron chi connectivity index (χ2n) is 3.63. The maximum absolute atomic E-state index is 10.2. The fraction of sp³-hybridized carbons (Fsp3) is 0.0909. The summed E-state index contributed by atoms with van der Waals surface area (Å²) in [6, 6.07) is 9.53. The van der Waals surface area contributed by atoms with E-state index in [1.807, 2.05) is 30.3 Å². The van der Waals surface area contributed by atoms with Crippen molar-refractivity contribution in [3.05, 3.63) is 53.3 Å². The fourth-order valence-electron chi connectivity index (χ4n) is 1.64. The number of para-hydroxylation sites is 1. The Labute approximate surface area is 107 Å². The molecule has 0 saturated heterocycles. The van der Waals surface area contributed by atoms with Gasteiger partial charge >= 0.3 is 0 Å². The predicted octanol–water partition coefficient (Wildman–Crippen LogP) is 1.20. The van der Waals surface area contributed by atoms with Gasteiger partial charge in [-0.05, 0) is 23.7 Å². The van der Waals surface area contributed by atoms with Gasteiger partial charge in [-0.1, -0.05) is 27.9 Å². The molecule has 1 atom stereocenters. The van der Waals surface area contributed by atoms with Crippen LogP contribution < -0.4 is 0 Å². The van der Waals surface area contributed by atoms with Crippen molar-refractivity contribution < 1.29 is 5.11 Å². The lowest BCUT2D eigenvalue weighted by Crippen LogP contribution is -2.07. The van der Waals surface area contributed by atoms with Crippen LogP contribution in [0.4, 0.5) is 0 Å². The molecule has 90 valence electrons. The van der Waals surface area contributed by atoms with E-state index < -0.39 is 6.10 Å². The van der Waals surface area contributed by atoms with Crippen LogP contribution in [0.2, 0.25) is 0 Å². The molecule has 18 heavy (non-hydrogen) atoms. The summed E-state index contributed by atoms with van der Waals surface area (Å²) in [5.41, 5.74) is 1.44. The maximum Gasteiger partial charge on any atom is 0.135 e. The van der Waals surface area contributed by atoms with Crippen LogP contribution in [0, 0.1) is 0 Å². The summed E-state index contributed by atoms with van der Waals surface area (Å²) in [6.07, 6.45) is 2.26.